The first-order chi connectivity index (χ1) is 13.7. The van der Waals surface area contributed by atoms with Crippen LogP contribution in [0.5, 0.6) is 5.75 Å². The predicted molar refractivity (Wildman–Crippen MR) is 112 cm³/mol. The average Bonchev–Trinajstić information content (AvgIpc) is 2.90. The summed E-state index contributed by atoms with van der Waals surface area (Å²) >= 11 is 0. The summed E-state index contributed by atoms with van der Waals surface area (Å²) in [5, 5.41) is 0. The molecule has 1 amide bonds. The topological polar surface area (TPSA) is 70.2 Å². The van der Waals surface area contributed by atoms with Crippen molar-refractivity contribution >= 4 is 15.9 Å². The van der Waals surface area contributed by atoms with Crippen LogP contribution in [-0.4, -0.2) is 80.9 Å². The zero-order valence-electron chi connectivity index (χ0n) is 17.9. The lowest BCUT2D eigenvalue weighted by Gasteiger charge is -2.32. The lowest BCUT2D eigenvalue weighted by Crippen LogP contribution is -2.50. The van der Waals surface area contributed by atoms with E-state index >= 15 is 0 Å². The van der Waals surface area contributed by atoms with Crippen LogP contribution in [0.2, 0.25) is 0 Å². The molecule has 2 aliphatic heterocycles. The third kappa shape index (κ3) is 4.92. The average molecular weight is 424 g/mol. The third-order valence-electron chi connectivity index (χ3n) is 5.80. The molecule has 2 atom stereocenters. The fourth-order valence-corrected chi connectivity index (χ4v) is 5.70. The standard InChI is InChI=1S/C21H33N3O4S/c1-16(2)9-12-23-13-10-17-18(11-14-23)28-19-7-5-6-8-20(19)29(26,27)24(17)15-21(25)22(3)4/h5-8,16-18H,9-15H2,1-4H3/t17-,18-/m1/s1. The van der Waals surface area contributed by atoms with Gasteiger partial charge in [0.2, 0.25) is 15.9 Å². The predicted octanol–water partition coefficient (Wildman–Crippen LogP) is 2.04. The number of nitrogens with zero attached hydrogens (tertiary/aromatic N) is 3. The highest BCUT2D eigenvalue weighted by Gasteiger charge is 2.44. The van der Waals surface area contributed by atoms with Crippen molar-refractivity contribution in [1.29, 1.82) is 0 Å². The van der Waals surface area contributed by atoms with Crippen LogP contribution in [0.3, 0.4) is 0 Å². The molecular weight excluding hydrogens is 390 g/mol. The molecule has 0 radical (unpaired) electrons. The summed E-state index contributed by atoms with van der Waals surface area (Å²) < 4.78 is 34.7. The Morgan fingerprint density at radius 2 is 1.90 bits per heavy atom. The number of amides is 1. The number of para-hydroxylation sites is 1. The van der Waals surface area contributed by atoms with Gasteiger partial charge < -0.3 is 14.5 Å². The molecule has 7 nitrogen and oxygen atoms in total. The van der Waals surface area contributed by atoms with E-state index in [0.29, 0.717) is 18.1 Å². The molecule has 1 saturated heterocycles. The molecule has 0 saturated carbocycles. The second kappa shape index (κ2) is 9.02. The number of likely N-dealkylation sites (N-methyl/N-ethyl adjacent to an activating group) is 1. The molecule has 2 heterocycles. The summed E-state index contributed by atoms with van der Waals surface area (Å²) in [6.45, 7) is 6.92. The summed E-state index contributed by atoms with van der Waals surface area (Å²) in [5.41, 5.74) is 0. The molecule has 8 heteroatoms. The Labute approximate surface area is 174 Å². The number of carbonyl (C=O) groups excluding carboxylic acids is 1. The summed E-state index contributed by atoms with van der Waals surface area (Å²) in [7, 11) is -0.539. The van der Waals surface area contributed by atoms with E-state index in [9.17, 15) is 13.2 Å². The molecule has 0 aromatic heterocycles. The van der Waals surface area contributed by atoms with Crippen LogP contribution < -0.4 is 4.74 Å². The molecule has 1 aromatic rings. The highest BCUT2D eigenvalue weighted by Crippen LogP contribution is 2.36. The molecule has 0 unspecified atom stereocenters. The Balaban J connectivity index is 1.94. The Morgan fingerprint density at radius 1 is 1.21 bits per heavy atom. The highest BCUT2D eigenvalue weighted by atomic mass is 32.2. The number of sulfonamides is 1. The van der Waals surface area contributed by atoms with Gasteiger partial charge in [0, 0.05) is 20.6 Å². The molecule has 2 aliphatic rings. The lowest BCUT2D eigenvalue weighted by atomic mass is 10.1. The Bertz CT molecular complexity index is 825. The fraction of sp³-hybridized carbons (Fsp3) is 0.667. The molecule has 0 bridgehead atoms. The van der Waals surface area contributed by atoms with Crippen LogP contribution >= 0.6 is 0 Å². The SMILES string of the molecule is CC(C)CCN1CC[C@@H]2[C@@H](CC1)Oc1ccccc1S(=O)(=O)N2CC(=O)N(C)C. The van der Waals surface area contributed by atoms with E-state index in [-0.39, 0.29) is 29.5 Å². The maximum atomic E-state index is 13.5. The maximum Gasteiger partial charge on any atom is 0.247 e. The van der Waals surface area contributed by atoms with E-state index in [0.717, 1.165) is 32.5 Å². The van der Waals surface area contributed by atoms with Crippen LogP contribution in [0.4, 0.5) is 0 Å². The number of hydrogen-bond donors (Lipinski definition) is 0. The molecule has 162 valence electrons. The van der Waals surface area contributed by atoms with Crippen LogP contribution in [0.15, 0.2) is 29.2 Å². The largest absolute Gasteiger partial charge is 0.487 e. The number of benzene rings is 1. The number of fused-ring (bicyclic) bond motifs is 2. The monoisotopic (exact) mass is 423 g/mol. The van der Waals surface area contributed by atoms with Crippen molar-refractivity contribution in [3.8, 4) is 5.75 Å². The molecular formula is C21H33N3O4S. The number of likely N-dealkylation sites (tertiary alicyclic amines) is 1. The van der Waals surface area contributed by atoms with E-state index in [1.807, 2.05) is 0 Å². The van der Waals surface area contributed by atoms with Crippen molar-refractivity contribution in [1.82, 2.24) is 14.1 Å². The van der Waals surface area contributed by atoms with Gasteiger partial charge in [-0.05, 0) is 50.4 Å². The van der Waals surface area contributed by atoms with Crippen LogP contribution in [-0.2, 0) is 14.8 Å². The van der Waals surface area contributed by atoms with Crippen molar-refractivity contribution in [2.24, 2.45) is 5.92 Å². The molecule has 29 heavy (non-hydrogen) atoms. The maximum absolute atomic E-state index is 13.5. The zero-order valence-corrected chi connectivity index (χ0v) is 18.7. The molecule has 0 N–H and O–H groups in total. The second-order valence-electron chi connectivity index (χ2n) is 8.61. The van der Waals surface area contributed by atoms with Crippen molar-refractivity contribution in [2.45, 2.75) is 50.2 Å². The smallest absolute Gasteiger partial charge is 0.247 e. The van der Waals surface area contributed by atoms with Crippen LogP contribution in [0.25, 0.3) is 0 Å². The lowest BCUT2D eigenvalue weighted by molar-refractivity contribution is -0.129. The van der Waals surface area contributed by atoms with Gasteiger partial charge in [-0.1, -0.05) is 26.0 Å². The van der Waals surface area contributed by atoms with Crippen molar-refractivity contribution in [2.75, 3.05) is 40.3 Å². The fourth-order valence-electron chi connectivity index (χ4n) is 3.95. The van der Waals surface area contributed by atoms with E-state index in [4.69, 9.17) is 4.74 Å². The quantitative estimate of drug-likeness (QED) is 0.725. The van der Waals surface area contributed by atoms with Gasteiger partial charge in [-0.15, -0.1) is 0 Å². The summed E-state index contributed by atoms with van der Waals surface area (Å²) in [4.78, 5) is 16.5. The Kier molecular flexibility index (Phi) is 6.86. The van der Waals surface area contributed by atoms with Gasteiger partial charge in [-0.3, -0.25) is 4.79 Å². The molecule has 0 spiro atoms. The Morgan fingerprint density at radius 3 is 2.59 bits per heavy atom. The van der Waals surface area contributed by atoms with E-state index in [2.05, 4.69) is 18.7 Å². The first kappa shape index (κ1) is 22.1. The molecule has 1 aromatic carbocycles. The van der Waals surface area contributed by atoms with Gasteiger partial charge in [0.05, 0.1) is 12.6 Å². The van der Waals surface area contributed by atoms with E-state index in [1.54, 1.807) is 38.4 Å². The molecule has 1 fully saturated rings. The summed E-state index contributed by atoms with van der Waals surface area (Å²) in [6.07, 6.45) is 2.23. The first-order valence-corrected chi connectivity index (χ1v) is 11.8. The van der Waals surface area contributed by atoms with Gasteiger partial charge in [-0.25, -0.2) is 8.42 Å². The van der Waals surface area contributed by atoms with Crippen LogP contribution in [0, 0.1) is 5.92 Å². The van der Waals surface area contributed by atoms with Gasteiger partial charge in [0.1, 0.15) is 16.7 Å². The minimum Gasteiger partial charge on any atom is -0.487 e. The highest BCUT2D eigenvalue weighted by molar-refractivity contribution is 7.89. The van der Waals surface area contributed by atoms with Crippen LogP contribution in [0.1, 0.15) is 33.1 Å². The third-order valence-corrected chi connectivity index (χ3v) is 7.71. The Hall–Kier alpha value is -1.64. The van der Waals surface area contributed by atoms with E-state index in [1.165, 1.54) is 9.21 Å². The minimum atomic E-state index is -3.84. The van der Waals surface area contributed by atoms with Gasteiger partial charge >= 0.3 is 0 Å². The number of ether oxygens (including phenoxy) is 1. The first-order valence-electron chi connectivity index (χ1n) is 10.4. The molecule has 3 rings (SSSR count). The number of hydrogen-bond acceptors (Lipinski definition) is 5. The van der Waals surface area contributed by atoms with Gasteiger partial charge in [0.25, 0.3) is 0 Å². The zero-order chi connectivity index (χ0) is 21.2. The van der Waals surface area contributed by atoms with Crippen molar-refractivity contribution < 1.29 is 17.9 Å². The number of carbonyl (C=O) groups is 1. The normalized spacial score (nSPS) is 24.7. The molecule has 0 aliphatic carbocycles. The summed E-state index contributed by atoms with van der Waals surface area (Å²) in [6, 6.07) is 6.40. The van der Waals surface area contributed by atoms with Gasteiger partial charge in [-0.2, -0.15) is 4.31 Å². The van der Waals surface area contributed by atoms with Crippen molar-refractivity contribution in [3.63, 3.8) is 0 Å². The van der Waals surface area contributed by atoms with E-state index < -0.39 is 10.0 Å². The summed E-state index contributed by atoms with van der Waals surface area (Å²) in [5.74, 6) is 0.784. The van der Waals surface area contributed by atoms with Crippen molar-refractivity contribution in [3.05, 3.63) is 24.3 Å². The minimum absolute atomic E-state index is 0.149. The second-order valence-corrected chi connectivity index (χ2v) is 10.5. The number of rotatable bonds is 5. The van der Waals surface area contributed by atoms with Gasteiger partial charge in [0.15, 0.2) is 0 Å².